The molecule has 0 aliphatic carbocycles. The van der Waals surface area contributed by atoms with E-state index in [1.807, 2.05) is 50.4 Å². The summed E-state index contributed by atoms with van der Waals surface area (Å²) in [6.45, 7) is 3.37. The smallest absolute Gasteiger partial charge is 0.251 e. The van der Waals surface area contributed by atoms with Crippen LogP contribution < -0.4 is 10.2 Å². The van der Waals surface area contributed by atoms with Gasteiger partial charge in [-0.3, -0.25) is 4.79 Å². The highest BCUT2D eigenvalue weighted by atomic mass is 79.9. The van der Waals surface area contributed by atoms with E-state index < -0.39 is 0 Å². The number of aryl methyl sites for hydroxylation is 1. The molecule has 0 aliphatic heterocycles. The Hall–Kier alpha value is -1.81. The van der Waals surface area contributed by atoms with Gasteiger partial charge in [0, 0.05) is 35.9 Å². The standard InChI is InChI=1S/C17H19BrN2O/c1-13-8-9-14(12-16(13)18)17(21)19-10-11-20(2)15-6-4-3-5-7-15/h3-9,12H,10-11H2,1-2H3,(H,19,21). The Bertz CT molecular complexity index is 613. The molecule has 2 rings (SSSR count). The monoisotopic (exact) mass is 346 g/mol. The van der Waals surface area contributed by atoms with Crippen molar-refractivity contribution in [1.29, 1.82) is 0 Å². The molecular formula is C17H19BrN2O. The Morgan fingerprint density at radius 3 is 2.57 bits per heavy atom. The molecule has 2 aromatic carbocycles. The number of hydrogen-bond acceptors (Lipinski definition) is 2. The normalized spacial score (nSPS) is 10.2. The molecule has 0 heterocycles. The molecule has 0 fully saturated rings. The van der Waals surface area contributed by atoms with Crippen LogP contribution in [0, 0.1) is 6.92 Å². The van der Waals surface area contributed by atoms with Crippen LogP contribution in [0.3, 0.4) is 0 Å². The third-order valence-electron chi connectivity index (χ3n) is 3.36. The molecule has 3 nitrogen and oxygen atoms in total. The van der Waals surface area contributed by atoms with Crippen molar-refractivity contribution in [3.8, 4) is 0 Å². The molecule has 1 N–H and O–H groups in total. The average Bonchev–Trinajstić information content (AvgIpc) is 2.50. The number of nitrogens with one attached hydrogen (secondary N) is 1. The van der Waals surface area contributed by atoms with Gasteiger partial charge in [-0.25, -0.2) is 0 Å². The Morgan fingerprint density at radius 1 is 1.19 bits per heavy atom. The number of carbonyl (C=O) groups excluding carboxylic acids is 1. The minimum absolute atomic E-state index is 0.0443. The molecule has 21 heavy (non-hydrogen) atoms. The van der Waals surface area contributed by atoms with E-state index >= 15 is 0 Å². The lowest BCUT2D eigenvalue weighted by Gasteiger charge is -2.19. The van der Waals surface area contributed by atoms with Gasteiger partial charge < -0.3 is 10.2 Å². The summed E-state index contributed by atoms with van der Waals surface area (Å²) in [5, 5.41) is 2.94. The molecule has 0 aromatic heterocycles. The summed E-state index contributed by atoms with van der Waals surface area (Å²) in [5.41, 5.74) is 2.94. The van der Waals surface area contributed by atoms with Gasteiger partial charge >= 0.3 is 0 Å². The third-order valence-corrected chi connectivity index (χ3v) is 4.22. The largest absolute Gasteiger partial charge is 0.373 e. The first-order valence-corrected chi connectivity index (χ1v) is 7.68. The number of amides is 1. The number of likely N-dealkylation sites (N-methyl/N-ethyl adjacent to an activating group) is 1. The molecule has 0 bridgehead atoms. The molecule has 110 valence electrons. The van der Waals surface area contributed by atoms with Crippen molar-refractivity contribution >= 4 is 27.5 Å². The maximum absolute atomic E-state index is 12.1. The molecule has 0 aliphatic rings. The molecule has 0 unspecified atom stereocenters. The second-order valence-corrected chi connectivity index (χ2v) is 5.83. The Kier molecular flexibility index (Phi) is 5.39. The molecule has 0 radical (unpaired) electrons. The van der Waals surface area contributed by atoms with E-state index in [0.29, 0.717) is 12.1 Å². The zero-order valence-corrected chi connectivity index (χ0v) is 13.9. The zero-order valence-electron chi connectivity index (χ0n) is 12.3. The van der Waals surface area contributed by atoms with Crippen molar-refractivity contribution in [3.63, 3.8) is 0 Å². The van der Waals surface area contributed by atoms with Gasteiger partial charge in [-0.2, -0.15) is 0 Å². The van der Waals surface area contributed by atoms with Crippen molar-refractivity contribution in [2.45, 2.75) is 6.92 Å². The number of para-hydroxylation sites is 1. The molecule has 4 heteroatoms. The number of benzene rings is 2. The summed E-state index contributed by atoms with van der Waals surface area (Å²) in [4.78, 5) is 14.2. The predicted molar refractivity (Wildman–Crippen MR) is 90.9 cm³/mol. The van der Waals surface area contributed by atoms with Crippen molar-refractivity contribution in [2.75, 3.05) is 25.0 Å². The number of anilines is 1. The van der Waals surface area contributed by atoms with Gasteiger partial charge in [-0.1, -0.05) is 40.2 Å². The van der Waals surface area contributed by atoms with Crippen LogP contribution in [0.25, 0.3) is 0 Å². The molecule has 0 atom stereocenters. The topological polar surface area (TPSA) is 32.3 Å². The Morgan fingerprint density at radius 2 is 1.90 bits per heavy atom. The van der Waals surface area contributed by atoms with E-state index in [4.69, 9.17) is 0 Å². The Labute approximate surface area is 134 Å². The van der Waals surface area contributed by atoms with E-state index in [0.717, 1.165) is 22.3 Å². The van der Waals surface area contributed by atoms with E-state index in [-0.39, 0.29) is 5.91 Å². The summed E-state index contributed by atoms with van der Waals surface area (Å²) < 4.78 is 0.955. The lowest BCUT2D eigenvalue weighted by atomic mass is 10.1. The van der Waals surface area contributed by atoms with Gasteiger partial charge in [0.25, 0.3) is 5.91 Å². The predicted octanol–water partition coefficient (Wildman–Crippen LogP) is 3.62. The van der Waals surface area contributed by atoms with Gasteiger partial charge in [0.05, 0.1) is 0 Å². The summed E-state index contributed by atoms with van der Waals surface area (Å²) >= 11 is 3.45. The fourth-order valence-corrected chi connectivity index (χ4v) is 2.36. The quantitative estimate of drug-likeness (QED) is 0.896. The average molecular weight is 347 g/mol. The van der Waals surface area contributed by atoms with Crippen LogP contribution in [-0.2, 0) is 0 Å². The minimum atomic E-state index is -0.0443. The molecule has 0 saturated carbocycles. The van der Waals surface area contributed by atoms with E-state index in [2.05, 4.69) is 38.3 Å². The van der Waals surface area contributed by atoms with Gasteiger partial charge in [0.15, 0.2) is 0 Å². The highest BCUT2D eigenvalue weighted by Gasteiger charge is 2.07. The first-order chi connectivity index (χ1) is 10.1. The number of carbonyl (C=O) groups is 1. The van der Waals surface area contributed by atoms with Crippen LogP contribution in [0.5, 0.6) is 0 Å². The van der Waals surface area contributed by atoms with Gasteiger partial charge in [0.1, 0.15) is 0 Å². The lowest BCUT2D eigenvalue weighted by molar-refractivity contribution is 0.0954. The lowest BCUT2D eigenvalue weighted by Crippen LogP contribution is -2.32. The fourth-order valence-electron chi connectivity index (χ4n) is 1.98. The van der Waals surface area contributed by atoms with Crippen LogP contribution in [0.1, 0.15) is 15.9 Å². The van der Waals surface area contributed by atoms with Crippen LogP contribution in [0.2, 0.25) is 0 Å². The SMILES string of the molecule is Cc1ccc(C(=O)NCCN(C)c2ccccc2)cc1Br. The second kappa shape index (κ2) is 7.27. The maximum atomic E-state index is 12.1. The highest BCUT2D eigenvalue weighted by Crippen LogP contribution is 2.17. The zero-order chi connectivity index (χ0) is 15.2. The fraction of sp³-hybridized carbons (Fsp3) is 0.235. The van der Waals surface area contributed by atoms with Crippen molar-refractivity contribution < 1.29 is 4.79 Å². The number of rotatable bonds is 5. The first-order valence-electron chi connectivity index (χ1n) is 6.88. The number of nitrogens with zero attached hydrogens (tertiary/aromatic N) is 1. The second-order valence-electron chi connectivity index (χ2n) is 4.98. The van der Waals surface area contributed by atoms with Gasteiger partial charge in [-0.05, 0) is 36.8 Å². The van der Waals surface area contributed by atoms with Gasteiger partial charge in [0.2, 0.25) is 0 Å². The van der Waals surface area contributed by atoms with Crippen LogP contribution in [-0.4, -0.2) is 26.0 Å². The minimum Gasteiger partial charge on any atom is -0.373 e. The van der Waals surface area contributed by atoms with Gasteiger partial charge in [-0.15, -0.1) is 0 Å². The van der Waals surface area contributed by atoms with Crippen LogP contribution in [0.15, 0.2) is 53.0 Å². The van der Waals surface area contributed by atoms with Crippen LogP contribution >= 0.6 is 15.9 Å². The summed E-state index contributed by atoms with van der Waals surface area (Å²) in [5.74, 6) is -0.0443. The van der Waals surface area contributed by atoms with Crippen molar-refractivity contribution in [1.82, 2.24) is 5.32 Å². The summed E-state index contributed by atoms with van der Waals surface area (Å²) in [6, 6.07) is 15.8. The molecule has 0 saturated heterocycles. The Balaban J connectivity index is 1.85. The number of hydrogen-bond donors (Lipinski definition) is 1. The first kappa shape index (κ1) is 15.6. The molecule has 1 amide bonds. The van der Waals surface area contributed by atoms with Crippen molar-refractivity contribution in [3.05, 3.63) is 64.1 Å². The van der Waals surface area contributed by atoms with E-state index in [9.17, 15) is 4.79 Å². The molecule has 2 aromatic rings. The third kappa shape index (κ3) is 4.33. The van der Waals surface area contributed by atoms with Crippen LogP contribution in [0.4, 0.5) is 5.69 Å². The maximum Gasteiger partial charge on any atom is 0.251 e. The number of halogens is 1. The van der Waals surface area contributed by atoms with E-state index in [1.165, 1.54) is 0 Å². The molecular weight excluding hydrogens is 328 g/mol. The van der Waals surface area contributed by atoms with Crippen molar-refractivity contribution in [2.24, 2.45) is 0 Å². The molecule has 0 spiro atoms. The summed E-state index contributed by atoms with van der Waals surface area (Å²) in [7, 11) is 2.02. The summed E-state index contributed by atoms with van der Waals surface area (Å²) in [6.07, 6.45) is 0. The highest BCUT2D eigenvalue weighted by molar-refractivity contribution is 9.10. The van der Waals surface area contributed by atoms with E-state index in [1.54, 1.807) is 0 Å².